The predicted molar refractivity (Wildman–Crippen MR) is 72.0 cm³/mol. The summed E-state index contributed by atoms with van der Waals surface area (Å²) >= 11 is 0. The van der Waals surface area contributed by atoms with Gasteiger partial charge < -0.3 is 9.31 Å². The van der Waals surface area contributed by atoms with Crippen molar-refractivity contribution in [3.63, 3.8) is 0 Å². The van der Waals surface area contributed by atoms with Crippen LogP contribution in [0.5, 0.6) is 11.5 Å². The first-order valence-electron chi connectivity index (χ1n) is 5.89. The molecule has 0 amide bonds. The summed E-state index contributed by atoms with van der Waals surface area (Å²) in [5.74, 6) is -1.07. The van der Waals surface area contributed by atoms with Crippen LogP contribution in [0.3, 0.4) is 0 Å². The van der Waals surface area contributed by atoms with Crippen LogP contribution in [0, 0.1) is 11.6 Å². The van der Waals surface area contributed by atoms with Gasteiger partial charge in [0.2, 0.25) is 0 Å². The Labute approximate surface area is 119 Å². The van der Waals surface area contributed by atoms with Gasteiger partial charge in [-0.25, -0.2) is 8.78 Å². The Bertz CT molecular complexity index is 619. The average molecular weight is 290 g/mol. The van der Waals surface area contributed by atoms with Gasteiger partial charge in [-0.3, -0.25) is 9.59 Å². The van der Waals surface area contributed by atoms with Gasteiger partial charge in [-0.2, -0.15) is 0 Å². The minimum Gasteiger partial charge on any atom is -0.528 e. The topological polar surface area (TPSA) is 52.6 Å². The minimum atomic E-state index is -0.705. The van der Waals surface area contributed by atoms with Gasteiger partial charge in [-0.05, 0) is 24.3 Å². The molecule has 0 radical (unpaired) electrons. The van der Waals surface area contributed by atoms with Crippen LogP contribution >= 0.6 is 0 Å². The Morgan fingerprint density at radius 1 is 0.810 bits per heavy atom. The third-order valence-corrected chi connectivity index (χ3v) is 2.65. The maximum absolute atomic E-state index is 13.3. The first-order valence-corrected chi connectivity index (χ1v) is 5.89. The molecule has 0 unspecified atom stereocenters. The molecule has 0 heterocycles. The number of halogens is 2. The van der Waals surface area contributed by atoms with Crippen LogP contribution in [0.15, 0.2) is 36.4 Å². The van der Waals surface area contributed by atoms with E-state index in [2.05, 4.69) is 0 Å². The van der Waals surface area contributed by atoms with Crippen LogP contribution in [0.2, 0.25) is 0 Å². The number of rotatable bonds is 6. The van der Waals surface area contributed by atoms with Crippen molar-refractivity contribution in [3.05, 3.63) is 59.2 Å². The van der Waals surface area contributed by atoms with Crippen molar-refractivity contribution in [1.29, 1.82) is 0 Å². The molecule has 106 valence electrons. The lowest BCUT2D eigenvalue weighted by Crippen LogP contribution is -2.11. The second-order valence-corrected chi connectivity index (χ2v) is 4.01. The van der Waals surface area contributed by atoms with Gasteiger partial charge in [0.05, 0.1) is 11.1 Å². The first kappa shape index (κ1) is 14.7. The van der Waals surface area contributed by atoms with Crippen LogP contribution in [0.25, 0.3) is 0 Å². The number of aldehydes is 2. The van der Waals surface area contributed by atoms with Gasteiger partial charge in [0.15, 0.2) is 12.6 Å². The van der Waals surface area contributed by atoms with Crippen molar-refractivity contribution in [2.24, 2.45) is 0 Å². The summed E-state index contributed by atoms with van der Waals surface area (Å²) in [4.78, 5) is 20.9. The quantitative estimate of drug-likeness (QED) is 0.605. The number of carbonyl (C=O) groups excluding carboxylic acids is 2. The Morgan fingerprint density at radius 2 is 1.24 bits per heavy atom. The highest BCUT2D eigenvalue weighted by Gasteiger charge is 2.07. The molecule has 0 saturated heterocycles. The molecule has 2 aromatic rings. The van der Waals surface area contributed by atoms with Gasteiger partial charge in [0.25, 0.3) is 0 Å². The van der Waals surface area contributed by atoms with E-state index in [9.17, 15) is 18.4 Å². The number of benzene rings is 2. The number of hydrogen-bond donors (Lipinski definition) is 0. The largest absolute Gasteiger partial charge is 0.576 e. The third kappa shape index (κ3) is 3.65. The second kappa shape index (κ2) is 6.65. The standard InChI is InChI=1S/C14H9BF2O4/c16-13-5-11(3-1-9(13)7-18)20-15-21-12-4-2-10(8-19)14(17)6-12/h1-8,15H. The van der Waals surface area contributed by atoms with Crippen molar-refractivity contribution in [2.75, 3.05) is 0 Å². The minimum absolute atomic E-state index is 0.0743. The Balaban J connectivity index is 1.95. The molecule has 0 aliphatic carbocycles. The van der Waals surface area contributed by atoms with Crippen LogP contribution in [-0.4, -0.2) is 20.3 Å². The SMILES string of the molecule is O=Cc1ccc(OBOc2ccc(C=O)c(F)c2)cc1F. The van der Waals surface area contributed by atoms with E-state index < -0.39 is 11.6 Å². The highest BCUT2D eigenvalue weighted by atomic mass is 19.1. The van der Waals surface area contributed by atoms with Crippen LogP contribution < -0.4 is 9.31 Å². The molecule has 7 heteroatoms. The lowest BCUT2D eigenvalue weighted by atomic mass is 10.2. The summed E-state index contributed by atoms with van der Waals surface area (Å²) in [6, 6.07) is 7.46. The monoisotopic (exact) mass is 290 g/mol. The summed E-state index contributed by atoms with van der Waals surface area (Å²) in [5, 5.41) is 0. The van der Waals surface area contributed by atoms with Gasteiger partial charge >= 0.3 is 7.69 Å². The van der Waals surface area contributed by atoms with Gasteiger partial charge in [-0.15, -0.1) is 0 Å². The Hall–Kier alpha value is -2.70. The molecule has 2 aromatic carbocycles. The zero-order valence-corrected chi connectivity index (χ0v) is 10.7. The molecular formula is C14H9BF2O4. The van der Waals surface area contributed by atoms with Crippen molar-refractivity contribution >= 4 is 20.3 Å². The smallest absolute Gasteiger partial charge is 0.528 e. The lowest BCUT2D eigenvalue weighted by molar-refractivity contribution is 0.111. The maximum Gasteiger partial charge on any atom is 0.576 e. The van der Waals surface area contributed by atoms with E-state index in [1.807, 2.05) is 0 Å². The number of hydrogen-bond acceptors (Lipinski definition) is 4. The van der Waals surface area contributed by atoms with Gasteiger partial charge in [0.1, 0.15) is 23.1 Å². The second-order valence-electron chi connectivity index (χ2n) is 4.01. The maximum atomic E-state index is 13.3. The fourth-order valence-electron chi connectivity index (χ4n) is 1.55. The Morgan fingerprint density at radius 3 is 1.57 bits per heavy atom. The van der Waals surface area contributed by atoms with Crippen LogP contribution in [-0.2, 0) is 0 Å². The Kier molecular flexibility index (Phi) is 4.66. The van der Waals surface area contributed by atoms with E-state index in [0.717, 1.165) is 12.1 Å². The van der Waals surface area contributed by atoms with Crippen molar-refractivity contribution in [3.8, 4) is 11.5 Å². The van der Waals surface area contributed by atoms with Gasteiger partial charge in [-0.1, -0.05) is 0 Å². The molecule has 0 aromatic heterocycles. The molecule has 0 fully saturated rings. The lowest BCUT2D eigenvalue weighted by Gasteiger charge is -2.08. The summed E-state index contributed by atoms with van der Waals surface area (Å²) in [7, 11) is -0.278. The molecule has 4 nitrogen and oxygen atoms in total. The van der Waals surface area contributed by atoms with Crippen molar-refractivity contribution in [2.45, 2.75) is 0 Å². The zero-order valence-electron chi connectivity index (χ0n) is 10.7. The normalized spacial score (nSPS) is 9.81. The zero-order chi connectivity index (χ0) is 15.2. The van der Waals surface area contributed by atoms with Crippen molar-refractivity contribution < 1.29 is 27.7 Å². The molecule has 0 saturated carbocycles. The average Bonchev–Trinajstić information content (AvgIpc) is 2.48. The molecule has 0 bridgehead atoms. The summed E-state index contributed by atoms with van der Waals surface area (Å²) in [5.41, 5.74) is -0.149. The molecule has 0 aliphatic heterocycles. The van der Waals surface area contributed by atoms with Crippen LogP contribution in [0.1, 0.15) is 20.7 Å². The van der Waals surface area contributed by atoms with E-state index in [1.54, 1.807) is 0 Å². The molecule has 0 N–H and O–H groups in total. The van der Waals surface area contributed by atoms with E-state index in [4.69, 9.17) is 9.31 Å². The van der Waals surface area contributed by atoms with E-state index in [0.29, 0.717) is 12.6 Å². The van der Waals surface area contributed by atoms with E-state index >= 15 is 0 Å². The highest BCUT2D eigenvalue weighted by Crippen LogP contribution is 2.17. The van der Waals surface area contributed by atoms with Crippen LogP contribution in [0.4, 0.5) is 8.78 Å². The van der Waals surface area contributed by atoms with Crippen molar-refractivity contribution in [1.82, 2.24) is 0 Å². The molecule has 21 heavy (non-hydrogen) atoms. The number of carbonyl (C=O) groups is 2. The summed E-state index contributed by atoms with van der Waals surface area (Å²) in [6.45, 7) is 0. The predicted octanol–water partition coefficient (Wildman–Crippen LogP) is 2.31. The molecule has 0 spiro atoms. The van der Waals surface area contributed by atoms with E-state index in [1.165, 1.54) is 24.3 Å². The molecule has 0 aliphatic rings. The fraction of sp³-hybridized carbons (Fsp3) is 0. The molecule has 0 atom stereocenters. The molecular weight excluding hydrogens is 281 g/mol. The fourth-order valence-corrected chi connectivity index (χ4v) is 1.55. The molecule has 2 rings (SSSR count). The summed E-state index contributed by atoms with van der Waals surface area (Å²) in [6.07, 6.45) is 0.792. The first-order chi connectivity index (χ1) is 10.1. The summed E-state index contributed by atoms with van der Waals surface area (Å²) < 4.78 is 36.8. The highest BCUT2D eigenvalue weighted by molar-refractivity contribution is 6.20. The van der Waals surface area contributed by atoms with E-state index in [-0.39, 0.29) is 30.3 Å². The third-order valence-electron chi connectivity index (χ3n) is 2.65. The van der Waals surface area contributed by atoms with Gasteiger partial charge in [0, 0.05) is 12.1 Å².